The van der Waals surface area contributed by atoms with Gasteiger partial charge in [0.15, 0.2) is 0 Å². The minimum Gasteiger partial charge on any atom is -0.456 e. The molecule has 3 aliphatic rings. The Bertz CT molecular complexity index is 2730. The molecule has 11 nitrogen and oxygen atoms in total. The summed E-state index contributed by atoms with van der Waals surface area (Å²) in [6.07, 6.45) is 3.80. The molecule has 0 saturated heterocycles. The molecule has 4 N–H and O–H groups in total. The zero-order valence-electron chi connectivity index (χ0n) is 33.8. The number of anilines is 2. The van der Waals surface area contributed by atoms with Crippen LogP contribution in [-0.4, -0.2) is 61.2 Å². The molecule has 13 heteroatoms. The number of rotatable bonds is 13. The van der Waals surface area contributed by atoms with Crippen LogP contribution in [0.1, 0.15) is 67.2 Å². The number of hydrogen-bond donors (Lipinski definition) is 4. The van der Waals surface area contributed by atoms with Crippen molar-refractivity contribution >= 4 is 48.2 Å². The van der Waals surface area contributed by atoms with Gasteiger partial charge in [-0.15, -0.1) is 0 Å². The number of para-hydroxylation sites is 1. The second-order valence-electron chi connectivity index (χ2n) is 15.6. The molecule has 7 rings (SSSR count). The lowest BCUT2D eigenvalue weighted by Gasteiger charge is -2.35. The van der Waals surface area contributed by atoms with E-state index in [1.165, 1.54) is 6.07 Å². The fraction of sp³-hybridized carbons (Fsp3) is 0.326. The number of aryl methyl sites for hydroxylation is 4. The number of nitrogens with zero attached hydrogens (tertiary/aromatic N) is 2. The zero-order valence-corrected chi connectivity index (χ0v) is 35.4. The summed E-state index contributed by atoms with van der Waals surface area (Å²) in [7, 11) is -8.49. The van der Waals surface area contributed by atoms with E-state index in [0.717, 1.165) is 22.5 Å². The Labute approximate surface area is 346 Å². The Hall–Kier alpha value is -4.89. The molecular formula is C46H51N3O8S2. The maximum absolute atomic E-state index is 14.3. The molecule has 1 aliphatic heterocycles. The van der Waals surface area contributed by atoms with Gasteiger partial charge in [0.25, 0.3) is 10.1 Å². The fourth-order valence-corrected chi connectivity index (χ4v) is 10.9. The molecule has 2 aliphatic carbocycles. The highest BCUT2D eigenvalue weighted by molar-refractivity contribution is 7.89. The third-order valence-electron chi connectivity index (χ3n) is 11.3. The van der Waals surface area contributed by atoms with Crippen molar-refractivity contribution in [1.29, 1.82) is 0 Å². The zero-order chi connectivity index (χ0) is 42.1. The van der Waals surface area contributed by atoms with E-state index in [1.54, 1.807) is 46.8 Å². The molecule has 0 unspecified atom stereocenters. The van der Waals surface area contributed by atoms with Crippen molar-refractivity contribution in [3.05, 3.63) is 119 Å². The number of fused-ring (bicyclic) bond motifs is 2. The molecule has 4 aromatic carbocycles. The molecule has 0 aromatic heterocycles. The number of aliphatic hydroxyl groups is 2. The summed E-state index contributed by atoms with van der Waals surface area (Å²) >= 11 is 0. The minimum absolute atomic E-state index is 0.0590. The molecule has 0 radical (unpaired) electrons. The van der Waals surface area contributed by atoms with Crippen molar-refractivity contribution < 1.29 is 36.0 Å². The standard InChI is InChI=1S/C46H51N3O8S2/c1-29-11-10-12-30(2)45(29)47-33-15-21-38-41(27-33)57-42-28-34(16-22-39(42)44(38)40-13-6-7-14-43(40)59(54,55)56)48-46-31(3)25-37(26-32(46)4)58(52,53)49(23-8-5-9-24-50)35-17-19-36(51)20-18-35/h6-7,10-16,21-22,25-28,35-36,47,50-51H,5,8-9,17-20,23-24H2,1-4H3,(H,54,55,56). The van der Waals surface area contributed by atoms with E-state index in [-0.39, 0.29) is 22.4 Å². The number of hydrogen-bond acceptors (Lipinski definition) is 9. The molecule has 59 heavy (non-hydrogen) atoms. The van der Waals surface area contributed by atoms with E-state index < -0.39 is 26.2 Å². The van der Waals surface area contributed by atoms with Crippen molar-refractivity contribution in [3.8, 4) is 22.5 Å². The van der Waals surface area contributed by atoms with E-state index in [1.807, 2.05) is 70.2 Å². The number of sulfonamides is 1. The predicted octanol–water partition coefficient (Wildman–Crippen LogP) is 9.12. The van der Waals surface area contributed by atoms with Gasteiger partial charge in [-0.1, -0.05) is 36.4 Å². The highest BCUT2D eigenvalue weighted by atomic mass is 32.2. The third kappa shape index (κ3) is 9.01. The van der Waals surface area contributed by atoms with E-state index >= 15 is 0 Å². The van der Waals surface area contributed by atoms with Crippen LogP contribution in [0, 0.1) is 27.7 Å². The van der Waals surface area contributed by atoms with Gasteiger partial charge in [0, 0.05) is 64.8 Å². The summed E-state index contributed by atoms with van der Waals surface area (Å²) in [5.74, 6) is 0.423. The quantitative estimate of drug-likeness (QED) is 0.0504. The molecule has 1 heterocycles. The number of aliphatic hydroxyl groups excluding tert-OH is 2. The van der Waals surface area contributed by atoms with E-state index in [9.17, 15) is 31.6 Å². The van der Waals surface area contributed by atoms with Crippen molar-refractivity contribution in [2.24, 2.45) is 4.99 Å². The van der Waals surface area contributed by atoms with Gasteiger partial charge in [-0.25, -0.2) is 13.4 Å². The first-order valence-corrected chi connectivity index (χ1v) is 22.9. The largest absolute Gasteiger partial charge is 0.456 e. The minimum atomic E-state index is -4.60. The van der Waals surface area contributed by atoms with Crippen LogP contribution in [0.2, 0.25) is 0 Å². The molecule has 1 fully saturated rings. The predicted molar refractivity (Wildman–Crippen MR) is 232 cm³/mol. The molecule has 310 valence electrons. The summed E-state index contributed by atoms with van der Waals surface area (Å²) < 4.78 is 72.5. The molecule has 0 bridgehead atoms. The summed E-state index contributed by atoms with van der Waals surface area (Å²) in [6, 6.07) is 26.5. The van der Waals surface area contributed by atoms with Crippen molar-refractivity contribution in [2.45, 2.75) is 94.6 Å². The van der Waals surface area contributed by atoms with Crippen LogP contribution in [-0.2, 0) is 20.1 Å². The van der Waals surface area contributed by atoms with Crippen molar-refractivity contribution in [1.82, 2.24) is 4.31 Å². The average Bonchev–Trinajstić information content (AvgIpc) is 3.19. The van der Waals surface area contributed by atoms with Gasteiger partial charge in [0.1, 0.15) is 16.2 Å². The lowest BCUT2D eigenvalue weighted by molar-refractivity contribution is 0.0990. The van der Waals surface area contributed by atoms with Gasteiger partial charge in [0.05, 0.1) is 22.0 Å². The van der Waals surface area contributed by atoms with E-state index in [2.05, 4.69) is 5.32 Å². The molecule has 0 amide bonds. The summed E-state index contributed by atoms with van der Waals surface area (Å²) in [5, 5.41) is 24.1. The highest BCUT2D eigenvalue weighted by Gasteiger charge is 2.34. The van der Waals surface area contributed by atoms with Gasteiger partial charge in [-0.3, -0.25) is 4.55 Å². The van der Waals surface area contributed by atoms with Gasteiger partial charge in [0.2, 0.25) is 10.0 Å². The maximum atomic E-state index is 14.3. The Morgan fingerprint density at radius 2 is 1.46 bits per heavy atom. The SMILES string of the molecule is Cc1cc(S(=O)(=O)N(CCCCCO)C2CCC(O)CC2)cc(C)c1N=c1ccc2c(-c3ccccc3S(=O)(=O)O)c3ccc(Nc4c(C)cccc4C)cc3oc-2c1. The first-order valence-electron chi connectivity index (χ1n) is 20.0. The van der Waals surface area contributed by atoms with Gasteiger partial charge in [-0.2, -0.15) is 12.7 Å². The normalized spacial score (nSPS) is 16.6. The fourth-order valence-electron chi connectivity index (χ4n) is 8.28. The first-order chi connectivity index (χ1) is 28.1. The molecule has 0 atom stereocenters. The Kier molecular flexibility index (Phi) is 12.4. The van der Waals surface area contributed by atoms with Crippen molar-refractivity contribution in [3.63, 3.8) is 0 Å². The van der Waals surface area contributed by atoms with Gasteiger partial charge in [-0.05, 0) is 137 Å². The molecule has 1 saturated carbocycles. The lowest BCUT2D eigenvalue weighted by atomic mass is 9.93. The smallest absolute Gasteiger partial charge is 0.295 e. The highest BCUT2D eigenvalue weighted by Crippen LogP contribution is 2.43. The number of benzene rings is 5. The van der Waals surface area contributed by atoms with Gasteiger partial charge >= 0.3 is 0 Å². The van der Waals surface area contributed by atoms with Crippen LogP contribution in [0.3, 0.4) is 0 Å². The summed E-state index contributed by atoms with van der Waals surface area (Å²) in [4.78, 5) is 4.95. The van der Waals surface area contributed by atoms with Gasteiger partial charge < -0.3 is 19.9 Å². The average molecular weight is 838 g/mol. The molecular weight excluding hydrogens is 787 g/mol. The Morgan fingerprint density at radius 3 is 2.14 bits per heavy atom. The van der Waals surface area contributed by atoms with Crippen LogP contribution in [0.15, 0.2) is 110 Å². The second kappa shape index (κ2) is 17.4. The van der Waals surface area contributed by atoms with E-state index in [0.29, 0.717) is 107 Å². The second-order valence-corrected chi connectivity index (χ2v) is 18.9. The topological polar surface area (TPSA) is 170 Å². The number of unbranched alkanes of at least 4 members (excludes halogenated alkanes) is 2. The lowest BCUT2D eigenvalue weighted by Crippen LogP contribution is -2.43. The maximum Gasteiger partial charge on any atom is 0.295 e. The summed E-state index contributed by atoms with van der Waals surface area (Å²) in [5.41, 5.74) is 7.78. The first kappa shape index (κ1) is 42.2. The molecule has 0 spiro atoms. The van der Waals surface area contributed by atoms with Crippen LogP contribution >= 0.6 is 0 Å². The summed E-state index contributed by atoms with van der Waals surface area (Å²) in [6.45, 7) is 8.12. The third-order valence-corrected chi connectivity index (χ3v) is 14.2. The Morgan fingerprint density at radius 1 is 0.763 bits per heavy atom. The number of nitrogens with one attached hydrogen (secondary N) is 1. The van der Waals surface area contributed by atoms with Crippen LogP contribution in [0.25, 0.3) is 33.4 Å². The van der Waals surface area contributed by atoms with Crippen molar-refractivity contribution in [2.75, 3.05) is 18.5 Å². The van der Waals surface area contributed by atoms with Crippen LogP contribution in [0.4, 0.5) is 17.1 Å². The van der Waals surface area contributed by atoms with E-state index in [4.69, 9.17) is 9.41 Å². The Balaban J connectivity index is 1.33. The van der Waals surface area contributed by atoms with Crippen LogP contribution in [0.5, 0.6) is 0 Å². The molecule has 4 aromatic rings. The monoisotopic (exact) mass is 837 g/mol. The van der Waals surface area contributed by atoms with Crippen LogP contribution < -0.4 is 10.7 Å².